The lowest BCUT2D eigenvalue weighted by Gasteiger charge is -1.95. The number of hydrogen-bond donors (Lipinski definition) is 2. The Morgan fingerprint density at radius 2 is 2.15 bits per heavy atom. The van der Waals surface area contributed by atoms with Crippen LogP contribution in [0.2, 0.25) is 0 Å². The van der Waals surface area contributed by atoms with Gasteiger partial charge in [0, 0.05) is 19.4 Å². The molecule has 74 valence electrons. The Hall–Kier alpha value is -0.900. The Bertz CT molecular complexity index is 231. The molecule has 0 atom stereocenters. The van der Waals surface area contributed by atoms with E-state index in [9.17, 15) is 0 Å². The Balaban J connectivity index is 2.31. The Labute approximate surface area is 79.2 Å². The lowest BCUT2D eigenvalue weighted by Crippen LogP contribution is -2.16. The number of nitrogens with one attached hydrogen (secondary N) is 2. The molecule has 13 heavy (non-hydrogen) atoms. The summed E-state index contributed by atoms with van der Waals surface area (Å²) in [7, 11) is 0. The maximum Gasteiger partial charge on any atom is 0.151 e. The van der Waals surface area contributed by atoms with Crippen molar-refractivity contribution < 1.29 is 0 Å². The van der Waals surface area contributed by atoms with E-state index in [1.165, 1.54) is 0 Å². The first-order chi connectivity index (χ1) is 6.36. The van der Waals surface area contributed by atoms with E-state index in [0.717, 1.165) is 44.0 Å². The summed E-state index contributed by atoms with van der Waals surface area (Å²) in [5.41, 5.74) is 0. The fraction of sp³-hybridized carbons (Fsp3) is 0.778. The third-order valence-electron chi connectivity index (χ3n) is 1.84. The number of hydrogen-bond acceptors (Lipinski definition) is 3. The highest BCUT2D eigenvalue weighted by atomic mass is 15.2. The number of aromatic amines is 1. The fourth-order valence-electron chi connectivity index (χ4n) is 1.17. The van der Waals surface area contributed by atoms with E-state index in [1.807, 2.05) is 0 Å². The van der Waals surface area contributed by atoms with Gasteiger partial charge in [-0.2, -0.15) is 5.10 Å². The number of H-pyrrole nitrogens is 1. The zero-order valence-corrected chi connectivity index (χ0v) is 8.43. The topological polar surface area (TPSA) is 53.6 Å². The number of nitrogens with zero attached hydrogens (tertiary/aromatic N) is 2. The molecule has 0 aliphatic heterocycles. The normalized spacial score (nSPS) is 10.6. The van der Waals surface area contributed by atoms with Gasteiger partial charge in [0.25, 0.3) is 0 Å². The number of rotatable bonds is 6. The van der Waals surface area contributed by atoms with Crippen LogP contribution < -0.4 is 5.32 Å². The van der Waals surface area contributed by atoms with E-state index in [0.29, 0.717) is 0 Å². The zero-order valence-electron chi connectivity index (χ0n) is 8.43. The highest BCUT2D eigenvalue weighted by molar-refractivity contribution is 4.90. The van der Waals surface area contributed by atoms with Crippen LogP contribution in [0.4, 0.5) is 0 Å². The lowest BCUT2D eigenvalue weighted by molar-refractivity contribution is 0.697. The van der Waals surface area contributed by atoms with Gasteiger partial charge < -0.3 is 5.32 Å². The smallest absolute Gasteiger partial charge is 0.151 e. The van der Waals surface area contributed by atoms with Gasteiger partial charge in [-0.3, -0.25) is 5.10 Å². The molecule has 0 bridgehead atoms. The van der Waals surface area contributed by atoms with Crippen molar-refractivity contribution in [1.29, 1.82) is 0 Å². The first kappa shape index (κ1) is 10.2. The quantitative estimate of drug-likeness (QED) is 0.643. The predicted molar refractivity (Wildman–Crippen MR) is 52.6 cm³/mol. The van der Waals surface area contributed by atoms with Crippen molar-refractivity contribution in [2.75, 3.05) is 13.1 Å². The summed E-state index contributed by atoms with van der Waals surface area (Å²) in [5, 5.41) is 10.3. The molecule has 0 spiro atoms. The second kappa shape index (κ2) is 5.70. The van der Waals surface area contributed by atoms with Gasteiger partial charge >= 0.3 is 0 Å². The summed E-state index contributed by atoms with van der Waals surface area (Å²) < 4.78 is 0. The highest BCUT2D eigenvalue weighted by Crippen LogP contribution is 1.96. The van der Waals surface area contributed by atoms with E-state index in [2.05, 4.69) is 34.3 Å². The minimum absolute atomic E-state index is 0.911. The summed E-state index contributed by atoms with van der Waals surface area (Å²) in [5.74, 6) is 1.93. The van der Waals surface area contributed by atoms with Gasteiger partial charge in [0.15, 0.2) is 5.82 Å². The molecular formula is C9H18N4. The molecule has 0 saturated carbocycles. The Morgan fingerprint density at radius 3 is 2.85 bits per heavy atom. The van der Waals surface area contributed by atoms with Gasteiger partial charge in [-0.1, -0.05) is 13.8 Å². The van der Waals surface area contributed by atoms with E-state index < -0.39 is 0 Å². The minimum atomic E-state index is 0.911. The molecule has 0 aliphatic rings. The van der Waals surface area contributed by atoms with Crippen LogP contribution in [0.1, 0.15) is 31.9 Å². The molecule has 0 amide bonds. The summed E-state index contributed by atoms with van der Waals surface area (Å²) >= 11 is 0. The van der Waals surface area contributed by atoms with E-state index in [4.69, 9.17) is 0 Å². The van der Waals surface area contributed by atoms with Crippen LogP contribution in [0, 0.1) is 0 Å². The number of aryl methyl sites for hydroxylation is 1. The average molecular weight is 182 g/mol. The van der Waals surface area contributed by atoms with Crippen LogP contribution in [-0.2, 0) is 12.8 Å². The van der Waals surface area contributed by atoms with Crippen molar-refractivity contribution in [3.63, 3.8) is 0 Å². The van der Waals surface area contributed by atoms with Gasteiger partial charge in [0.2, 0.25) is 0 Å². The van der Waals surface area contributed by atoms with Crippen LogP contribution in [-0.4, -0.2) is 28.3 Å². The van der Waals surface area contributed by atoms with Crippen LogP contribution in [0.15, 0.2) is 0 Å². The van der Waals surface area contributed by atoms with Gasteiger partial charge in [-0.05, 0) is 13.0 Å². The molecule has 0 aliphatic carbocycles. The van der Waals surface area contributed by atoms with Crippen LogP contribution >= 0.6 is 0 Å². The second-order valence-electron chi connectivity index (χ2n) is 3.05. The van der Waals surface area contributed by atoms with Gasteiger partial charge in [0.05, 0.1) is 0 Å². The van der Waals surface area contributed by atoms with Crippen molar-refractivity contribution in [1.82, 2.24) is 20.5 Å². The van der Waals surface area contributed by atoms with Crippen molar-refractivity contribution in [2.24, 2.45) is 0 Å². The first-order valence-electron chi connectivity index (χ1n) is 4.97. The molecule has 2 N–H and O–H groups in total. The molecule has 1 aromatic rings. The summed E-state index contributed by atoms with van der Waals surface area (Å²) in [6, 6.07) is 0. The lowest BCUT2D eigenvalue weighted by atomic mass is 10.3. The molecular weight excluding hydrogens is 164 g/mol. The van der Waals surface area contributed by atoms with Crippen LogP contribution in [0.25, 0.3) is 0 Å². The molecule has 1 heterocycles. The average Bonchev–Trinajstić information content (AvgIpc) is 2.54. The standard InChI is InChI=1S/C9H18N4/c1-3-5-8-11-9(13-12-8)6-7-10-4-2/h10H,3-7H2,1-2H3,(H,11,12,13). The van der Waals surface area contributed by atoms with E-state index in [-0.39, 0.29) is 0 Å². The zero-order chi connectivity index (χ0) is 9.52. The van der Waals surface area contributed by atoms with Gasteiger partial charge in [-0.15, -0.1) is 0 Å². The van der Waals surface area contributed by atoms with Crippen LogP contribution in [0.5, 0.6) is 0 Å². The molecule has 4 nitrogen and oxygen atoms in total. The van der Waals surface area contributed by atoms with Crippen LogP contribution in [0.3, 0.4) is 0 Å². The molecule has 1 aromatic heterocycles. The second-order valence-corrected chi connectivity index (χ2v) is 3.05. The predicted octanol–water partition coefficient (Wildman–Crippen LogP) is 0.909. The molecule has 0 radical (unpaired) electrons. The molecule has 0 unspecified atom stereocenters. The highest BCUT2D eigenvalue weighted by Gasteiger charge is 2.00. The SMILES string of the molecule is CCCc1nc(CCNCC)n[nH]1. The van der Waals surface area contributed by atoms with Crippen molar-refractivity contribution in [3.05, 3.63) is 11.6 Å². The monoisotopic (exact) mass is 182 g/mol. The molecule has 0 aromatic carbocycles. The molecule has 0 fully saturated rings. The molecule has 4 heteroatoms. The van der Waals surface area contributed by atoms with Gasteiger partial charge in [-0.25, -0.2) is 4.98 Å². The fourth-order valence-corrected chi connectivity index (χ4v) is 1.17. The first-order valence-corrected chi connectivity index (χ1v) is 4.97. The van der Waals surface area contributed by atoms with Gasteiger partial charge in [0.1, 0.15) is 5.82 Å². The van der Waals surface area contributed by atoms with E-state index in [1.54, 1.807) is 0 Å². The Kier molecular flexibility index (Phi) is 4.46. The third-order valence-corrected chi connectivity index (χ3v) is 1.84. The number of aromatic nitrogens is 3. The van der Waals surface area contributed by atoms with E-state index >= 15 is 0 Å². The van der Waals surface area contributed by atoms with Crippen molar-refractivity contribution in [2.45, 2.75) is 33.1 Å². The largest absolute Gasteiger partial charge is 0.317 e. The maximum atomic E-state index is 4.37. The maximum absolute atomic E-state index is 4.37. The summed E-state index contributed by atoms with van der Waals surface area (Å²) in [4.78, 5) is 4.37. The number of likely N-dealkylation sites (N-methyl/N-ethyl adjacent to an activating group) is 1. The summed E-state index contributed by atoms with van der Waals surface area (Å²) in [6.07, 6.45) is 3.02. The van der Waals surface area contributed by atoms with Crippen molar-refractivity contribution >= 4 is 0 Å². The van der Waals surface area contributed by atoms with Crippen molar-refractivity contribution in [3.8, 4) is 0 Å². The Morgan fingerprint density at radius 1 is 1.31 bits per heavy atom. The summed E-state index contributed by atoms with van der Waals surface area (Å²) in [6.45, 7) is 6.20. The third kappa shape index (κ3) is 3.55. The molecule has 1 rings (SSSR count). The minimum Gasteiger partial charge on any atom is -0.317 e. The molecule has 0 saturated heterocycles.